The van der Waals surface area contributed by atoms with Crippen molar-refractivity contribution in [1.29, 1.82) is 0 Å². The largest absolute Gasteiger partial charge is 0.422 e. The molecule has 3 rings (SSSR count). The monoisotopic (exact) mass is 300 g/mol. The van der Waals surface area contributed by atoms with Crippen LogP contribution >= 0.6 is 0 Å². The molecule has 0 saturated heterocycles. The Morgan fingerprint density at radius 1 is 0.727 bits per heavy atom. The Labute approximate surface area is 127 Å². The predicted molar refractivity (Wildman–Crippen MR) is 86.4 cm³/mol. The van der Waals surface area contributed by atoms with Crippen LogP contribution < -0.4 is 21.9 Å². The molecule has 0 saturated carbocycles. The minimum Gasteiger partial charge on any atom is -0.422 e. The third kappa shape index (κ3) is 1.76. The average Bonchev–Trinajstić information content (AvgIpc) is 2.49. The van der Waals surface area contributed by atoms with Gasteiger partial charge >= 0.3 is 11.3 Å². The van der Waals surface area contributed by atoms with Gasteiger partial charge in [0.05, 0.1) is 5.22 Å². The van der Waals surface area contributed by atoms with Gasteiger partial charge < -0.3 is 8.83 Å². The van der Waals surface area contributed by atoms with Gasteiger partial charge in [-0.25, -0.2) is 9.59 Å². The van der Waals surface area contributed by atoms with E-state index in [1.165, 1.54) is 0 Å². The first kappa shape index (κ1) is 14.8. The molecule has 4 nitrogen and oxygen atoms in total. The molecule has 1 aliphatic rings. The second-order valence-corrected chi connectivity index (χ2v) is 5.52. The van der Waals surface area contributed by atoms with Gasteiger partial charge in [-0.15, -0.1) is 0 Å². The van der Waals surface area contributed by atoms with Gasteiger partial charge in [-0.1, -0.05) is 27.7 Å². The lowest BCUT2D eigenvalue weighted by Crippen LogP contribution is -2.42. The Morgan fingerprint density at radius 2 is 1.36 bits per heavy atom. The zero-order valence-electron chi connectivity index (χ0n) is 13.5. The summed E-state index contributed by atoms with van der Waals surface area (Å²) in [7, 11) is 0. The Bertz CT molecular complexity index is 1000. The quantitative estimate of drug-likeness (QED) is 0.866. The molecular formula is C18H20O4. The molecule has 22 heavy (non-hydrogen) atoms. The fourth-order valence-electron chi connectivity index (χ4n) is 3.53. The van der Waals surface area contributed by atoms with Crippen LogP contribution in [0.2, 0.25) is 0 Å². The zero-order chi connectivity index (χ0) is 16.0. The summed E-state index contributed by atoms with van der Waals surface area (Å²) < 4.78 is 11.1. The summed E-state index contributed by atoms with van der Waals surface area (Å²) in [5.74, 6) is 0. The summed E-state index contributed by atoms with van der Waals surface area (Å²) >= 11 is 0. The van der Waals surface area contributed by atoms with Gasteiger partial charge in [-0.2, -0.15) is 0 Å². The summed E-state index contributed by atoms with van der Waals surface area (Å²) in [4.78, 5) is 24.7. The van der Waals surface area contributed by atoms with Crippen molar-refractivity contribution in [1.82, 2.24) is 0 Å². The summed E-state index contributed by atoms with van der Waals surface area (Å²) in [5, 5.41) is 1.27. The van der Waals surface area contributed by atoms with Crippen molar-refractivity contribution in [2.24, 2.45) is 0 Å². The fourth-order valence-corrected chi connectivity index (χ4v) is 3.53. The van der Waals surface area contributed by atoms with Crippen molar-refractivity contribution >= 4 is 22.1 Å². The van der Waals surface area contributed by atoms with Gasteiger partial charge in [0.2, 0.25) is 0 Å². The molecule has 116 valence electrons. The number of fused-ring (bicyclic) bond motifs is 3. The summed E-state index contributed by atoms with van der Waals surface area (Å²) in [6.07, 6.45) is 2.80. The Kier molecular flexibility index (Phi) is 3.55. The lowest BCUT2D eigenvalue weighted by atomic mass is 9.89. The zero-order valence-corrected chi connectivity index (χ0v) is 13.5. The van der Waals surface area contributed by atoms with Gasteiger partial charge in [0.15, 0.2) is 5.58 Å². The van der Waals surface area contributed by atoms with Crippen molar-refractivity contribution < 1.29 is 8.83 Å². The lowest BCUT2D eigenvalue weighted by molar-refractivity contribution is 0.461. The molecule has 0 N–H and O–H groups in total. The first-order valence-corrected chi connectivity index (χ1v) is 7.97. The van der Waals surface area contributed by atoms with Crippen LogP contribution in [0, 0.1) is 0 Å². The summed E-state index contributed by atoms with van der Waals surface area (Å²) in [5.41, 5.74) is 3.85. The standard InChI is InChI=1S/C18H20O4/c1-5-9-11(7-3)15-13(9)16-14(18(20)21-15)10(6-2)12(8-4)17(19)22-16/h5-8H2,1-4H3. The van der Waals surface area contributed by atoms with Crippen molar-refractivity contribution in [3.05, 3.63) is 42.6 Å². The van der Waals surface area contributed by atoms with E-state index in [0.717, 1.165) is 34.8 Å². The fraction of sp³-hybridized carbons (Fsp3) is 0.444. The van der Waals surface area contributed by atoms with Gasteiger partial charge in [0, 0.05) is 5.56 Å². The second-order valence-electron chi connectivity index (χ2n) is 5.52. The van der Waals surface area contributed by atoms with Crippen molar-refractivity contribution in [2.45, 2.75) is 53.4 Å². The van der Waals surface area contributed by atoms with Gasteiger partial charge in [-0.3, -0.25) is 0 Å². The minimum absolute atomic E-state index is 0.333. The lowest BCUT2D eigenvalue weighted by Gasteiger charge is -2.18. The highest BCUT2D eigenvalue weighted by Crippen LogP contribution is 2.24. The maximum absolute atomic E-state index is 12.5. The second kappa shape index (κ2) is 5.27. The Balaban J connectivity index is 2.63. The normalized spacial score (nSPS) is 13.5. The smallest absolute Gasteiger partial charge is 0.347 e. The van der Waals surface area contributed by atoms with Crippen LogP contribution in [-0.4, -0.2) is 0 Å². The van der Waals surface area contributed by atoms with Gasteiger partial charge in [0.1, 0.15) is 10.8 Å². The van der Waals surface area contributed by atoms with E-state index in [-0.39, 0.29) is 5.63 Å². The summed E-state index contributed by atoms with van der Waals surface area (Å²) in [6, 6.07) is 0. The molecule has 0 radical (unpaired) electrons. The first-order valence-electron chi connectivity index (χ1n) is 7.97. The Morgan fingerprint density at radius 3 is 1.91 bits per heavy atom. The molecular weight excluding hydrogens is 280 g/mol. The average molecular weight is 300 g/mol. The van der Waals surface area contributed by atoms with Crippen LogP contribution in [0.5, 0.6) is 0 Å². The van der Waals surface area contributed by atoms with E-state index in [0.29, 0.717) is 34.8 Å². The molecule has 4 heteroatoms. The third-order valence-electron chi connectivity index (χ3n) is 4.54. The molecule has 0 amide bonds. The third-order valence-corrected chi connectivity index (χ3v) is 4.54. The molecule has 0 fully saturated rings. The van der Waals surface area contributed by atoms with E-state index < -0.39 is 5.63 Å². The summed E-state index contributed by atoms with van der Waals surface area (Å²) in [6.45, 7) is 7.93. The van der Waals surface area contributed by atoms with Crippen LogP contribution in [0.15, 0.2) is 18.4 Å². The topological polar surface area (TPSA) is 60.4 Å². The number of hydrogen-bond donors (Lipinski definition) is 0. The van der Waals surface area contributed by atoms with Gasteiger partial charge in [-0.05, 0) is 42.4 Å². The van der Waals surface area contributed by atoms with E-state index in [9.17, 15) is 9.59 Å². The SMILES string of the molecule is CCC1=c2oc(=O)c3c(CC)c(CC)c(=O)oc3c2=C1CC. The molecule has 0 aromatic carbocycles. The molecule has 0 atom stereocenters. The van der Waals surface area contributed by atoms with Gasteiger partial charge in [0.25, 0.3) is 0 Å². The predicted octanol–water partition coefficient (Wildman–Crippen LogP) is 2.01. The van der Waals surface area contributed by atoms with Crippen LogP contribution in [0.25, 0.3) is 22.1 Å². The van der Waals surface area contributed by atoms with E-state index >= 15 is 0 Å². The molecule has 2 heterocycles. The maximum Gasteiger partial charge on any atom is 0.347 e. The van der Waals surface area contributed by atoms with Crippen molar-refractivity contribution in [3.8, 4) is 0 Å². The molecule has 0 unspecified atom stereocenters. The number of rotatable bonds is 4. The Hall–Kier alpha value is -2.10. The molecule has 2 aromatic heterocycles. The maximum atomic E-state index is 12.5. The number of aryl methyl sites for hydroxylation is 1. The number of hydrogen-bond acceptors (Lipinski definition) is 4. The molecule has 0 aliphatic heterocycles. The van der Waals surface area contributed by atoms with E-state index in [2.05, 4.69) is 6.92 Å². The molecule has 0 bridgehead atoms. The van der Waals surface area contributed by atoms with E-state index in [1.54, 1.807) is 0 Å². The molecule has 2 aromatic rings. The highest BCUT2D eigenvalue weighted by atomic mass is 16.4. The first-order chi connectivity index (χ1) is 10.6. The van der Waals surface area contributed by atoms with Crippen LogP contribution in [0.1, 0.15) is 51.7 Å². The molecule has 0 spiro atoms. The van der Waals surface area contributed by atoms with E-state index in [1.807, 2.05) is 20.8 Å². The van der Waals surface area contributed by atoms with Crippen molar-refractivity contribution in [2.75, 3.05) is 0 Å². The minimum atomic E-state index is -0.398. The van der Waals surface area contributed by atoms with Crippen LogP contribution in [0.3, 0.4) is 0 Å². The highest BCUT2D eigenvalue weighted by Gasteiger charge is 2.25. The van der Waals surface area contributed by atoms with Crippen LogP contribution in [0.4, 0.5) is 0 Å². The molecule has 1 aliphatic carbocycles. The highest BCUT2D eigenvalue weighted by molar-refractivity contribution is 5.97. The van der Waals surface area contributed by atoms with Crippen molar-refractivity contribution in [3.63, 3.8) is 0 Å². The van der Waals surface area contributed by atoms with E-state index in [4.69, 9.17) is 8.83 Å². The van der Waals surface area contributed by atoms with Crippen LogP contribution in [-0.2, 0) is 12.8 Å².